The molecule has 0 bridgehead atoms. The Bertz CT molecular complexity index is 698. The molecule has 31 heavy (non-hydrogen) atoms. The molecule has 0 aliphatic carbocycles. The Morgan fingerprint density at radius 3 is 2.13 bits per heavy atom. The first-order valence-electron chi connectivity index (χ1n) is 10.3. The molecule has 0 N–H and O–H groups in total. The van der Waals surface area contributed by atoms with Crippen molar-refractivity contribution in [3.63, 3.8) is 0 Å². The maximum absolute atomic E-state index is 13.5. The average Bonchev–Trinajstić information content (AvgIpc) is 2.96. The quantitative estimate of drug-likeness (QED) is 0.206. The van der Waals surface area contributed by atoms with Gasteiger partial charge in [0.05, 0.1) is 19.1 Å². The zero-order valence-electron chi connectivity index (χ0n) is 19.5. The van der Waals surface area contributed by atoms with Gasteiger partial charge in [0, 0.05) is 12.5 Å². The summed E-state index contributed by atoms with van der Waals surface area (Å²) in [6.45, 7) is 16.6. The fraction of sp³-hybridized carbons (Fsp3) is 0.900. The van der Waals surface area contributed by atoms with Gasteiger partial charge in [0.15, 0.2) is 14.0 Å². The highest BCUT2D eigenvalue weighted by Gasteiger charge is 2.63. The molecule has 0 saturated carbocycles. The second-order valence-corrected chi connectivity index (χ2v) is 18.1. The second-order valence-electron chi connectivity index (χ2n) is 10.5. The molecule has 2 atom stereocenters. The van der Waals surface area contributed by atoms with Crippen molar-refractivity contribution in [1.82, 2.24) is 4.57 Å². The molecule has 0 aromatic carbocycles. The third-order valence-electron chi connectivity index (χ3n) is 6.58. The van der Waals surface area contributed by atoms with E-state index >= 15 is 0 Å². The number of alkyl halides is 3. The molecule has 0 unspecified atom stereocenters. The van der Waals surface area contributed by atoms with Crippen molar-refractivity contribution < 1.29 is 28.5 Å². The number of β-lactam (4-membered cyclic amide) rings is 1. The van der Waals surface area contributed by atoms with Crippen molar-refractivity contribution in [2.24, 2.45) is 5.92 Å². The second kappa shape index (κ2) is 8.84. The van der Waals surface area contributed by atoms with E-state index in [0.29, 0.717) is 19.6 Å². The summed E-state index contributed by atoms with van der Waals surface area (Å²) in [5.74, 6) is -1.42. The normalized spacial score (nSPS) is 24.7. The van der Waals surface area contributed by atoms with Gasteiger partial charge in [0.1, 0.15) is 12.2 Å². The molecule has 0 radical (unpaired) electrons. The highest BCUT2D eigenvalue weighted by atomic mass is 35.6. The summed E-state index contributed by atoms with van der Waals surface area (Å²) in [7, 11) is -2.20. The van der Waals surface area contributed by atoms with E-state index in [1.54, 1.807) is 13.8 Å². The molecular formula is C20H34Cl3NO6Si. The zero-order valence-corrected chi connectivity index (χ0v) is 22.8. The third-order valence-corrected chi connectivity index (χ3v) is 12.3. The Morgan fingerprint density at radius 2 is 1.68 bits per heavy atom. The molecule has 0 spiro atoms. The lowest BCUT2D eigenvalue weighted by molar-refractivity contribution is -0.191. The number of halogens is 3. The Hall–Kier alpha value is -0.253. The van der Waals surface area contributed by atoms with Gasteiger partial charge in [0.25, 0.3) is 0 Å². The zero-order chi connectivity index (χ0) is 24.0. The lowest BCUT2D eigenvalue weighted by Gasteiger charge is -2.61. The van der Waals surface area contributed by atoms with Crippen LogP contribution in [-0.2, 0) is 23.7 Å². The summed E-state index contributed by atoms with van der Waals surface area (Å²) in [5.41, 5.74) is -1.14. The standard InChI is InChI=1S/C20H34Cl3NO6Si/c1-17(2,3)31(7,8)24-13(11-19(6)28-9-10-29-19)14(15(24)25)18(4,5)30-16(26)27-12-20(21,22)23/h13-14H,9-12H2,1-8H3/t13-,14+/m1/s1. The molecule has 0 aromatic rings. The van der Waals surface area contributed by atoms with Crippen LogP contribution in [0.2, 0.25) is 18.1 Å². The van der Waals surface area contributed by atoms with Crippen LogP contribution in [0.25, 0.3) is 0 Å². The van der Waals surface area contributed by atoms with Crippen LogP contribution in [0, 0.1) is 5.92 Å². The van der Waals surface area contributed by atoms with Gasteiger partial charge in [-0.15, -0.1) is 0 Å². The van der Waals surface area contributed by atoms with Crippen molar-refractivity contribution in [1.29, 1.82) is 0 Å². The third kappa shape index (κ3) is 6.01. The largest absolute Gasteiger partial charge is 0.508 e. The van der Waals surface area contributed by atoms with Gasteiger partial charge in [-0.05, 0) is 25.8 Å². The molecule has 180 valence electrons. The van der Waals surface area contributed by atoms with E-state index in [0.717, 1.165) is 0 Å². The van der Waals surface area contributed by atoms with Crippen LogP contribution in [0.15, 0.2) is 0 Å². The van der Waals surface area contributed by atoms with E-state index in [2.05, 4.69) is 33.9 Å². The Morgan fingerprint density at radius 1 is 1.16 bits per heavy atom. The van der Waals surface area contributed by atoms with E-state index in [-0.39, 0.29) is 17.0 Å². The van der Waals surface area contributed by atoms with Crippen molar-refractivity contribution in [2.75, 3.05) is 19.8 Å². The van der Waals surface area contributed by atoms with Gasteiger partial charge in [-0.1, -0.05) is 68.7 Å². The molecule has 11 heteroatoms. The first-order valence-corrected chi connectivity index (χ1v) is 14.4. The number of hydrogen-bond donors (Lipinski definition) is 0. The number of carbonyl (C=O) groups excluding carboxylic acids is 2. The molecule has 2 fully saturated rings. The summed E-state index contributed by atoms with van der Waals surface area (Å²) in [5, 5.41) is -0.0571. The minimum atomic E-state index is -2.20. The predicted octanol–water partition coefficient (Wildman–Crippen LogP) is 5.27. The van der Waals surface area contributed by atoms with Gasteiger partial charge in [-0.3, -0.25) is 4.79 Å². The van der Waals surface area contributed by atoms with Crippen molar-refractivity contribution in [3.8, 4) is 0 Å². The Labute approximate surface area is 201 Å². The van der Waals surface area contributed by atoms with E-state index < -0.39 is 42.1 Å². The summed E-state index contributed by atoms with van der Waals surface area (Å²) >= 11 is 16.9. The smallest absolute Gasteiger partial charge is 0.430 e. The van der Waals surface area contributed by atoms with Gasteiger partial charge in [-0.2, -0.15) is 0 Å². The van der Waals surface area contributed by atoms with Crippen LogP contribution < -0.4 is 0 Å². The number of ether oxygens (including phenoxy) is 4. The highest BCUT2D eigenvalue weighted by Crippen LogP contribution is 2.50. The van der Waals surface area contributed by atoms with Crippen LogP contribution in [0.4, 0.5) is 4.79 Å². The van der Waals surface area contributed by atoms with Gasteiger partial charge < -0.3 is 23.5 Å². The number of hydrogen-bond acceptors (Lipinski definition) is 6. The predicted molar refractivity (Wildman–Crippen MR) is 123 cm³/mol. The summed E-state index contributed by atoms with van der Waals surface area (Å²) in [6, 6.07) is -0.215. The molecule has 2 aliphatic heterocycles. The number of amides is 1. The summed E-state index contributed by atoms with van der Waals surface area (Å²) in [6.07, 6.45) is -0.514. The maximum atomic E-state index is 13.5. The maximum Gasteiger partial charge on any atom is 0.508 e. The fourth-order valence-electron chi connectivity index (χ4n) is 4.07. The van der Waals surface area contributed by atoms with Crippen molar-refractivity contribution in [2.45, 2.75) is 87.3 Å². The van der Waals surface area contributed by atoms with E-state index in [1.165, 1.54) is 0 Å². The van der Waals surface area contributed by atoms with Crippen LogP contribution in [0.5, 0.6) is 0 Å². The Kier molecular flexibility index (Phi) is 7.69. The summed E-state index contributed by atoms with van der Waals surface area (Å²) < 4.78 is 22.4. The molecule has 2 saturated heterocycles. The molecule has 2 heterocycles. The average molecular weight is 519 g/mol. The lowest BCUT2D eigenvalue weighted by atomic mass is 9.75. The molecule has 2 aliphatic rings. The van der Waals surface area contributed by atoms with Crippen LogP contribution in [0.1, 0.15) is 48.0 Å². The van der Waals surface area contributed by atoms with Crippen LogP contribution in [0.3, 0.4) is 0 Å². The highest BCUT2D eigenvalue weighted by molar-refractivity contribution is 6.80. The molecular weight excluding hydrogens is 485 g/mol. The van der Waals surface area contributed by atoms with E-state index in [1.807, 2.05) is 11.5 Å². The van der Waals surface area contributed by atoms with Gasteiger partial charge in [-0.25, -0.2) is 4.79 Å². The Balaban J connectivity index is 2.27. The minimum Gasteiger partial charge on any atom is -0.430 e. The van der Waals surface area contributed by atoms with Crippen LogP contribution >= 0.6 is 34.8 Å². The summed E-state index contributed by atoms with van der Waals surface area (Å²) in [4.78, 5) is 25.7. The van der Waals surface area contributed by atoms with Gasteiger partial charge >= 0.3 is 6.16 Å². The first kappa shape index (κ1) is 27.0. The number of carbonyl (C=O) groups is 2. The monoisotopic (exact) mass is 517 g/mol. The van der Waals surface area contributed by atoms with Crippen molar-refractivity contribution >= 4 is 55.1 Å². The minimum absolute atomic E-state index is 0.0441. The number of rotatable bonds is 6. The van der Waals surface area contributed by atoms with Crippen LogP contribution in [-0.4, -0.2) is 65.9 Å². The van der Waals surface area contributed by atoms with Gasteiger partial charge in [0.2, 0.25) is 9.70 Å². The first-order chi connectivity index (χ1) is 13.8. The molecule has 2 rings (SSSR count). The SMILES string of the molecule is CC1(C[C@@H]2[C@H](C(C)(C)OC(=O)OCC(Cl)(Cl)Cl)C(=O)N2[Si](C)(C)C(C)(C)C)OCCO1. The molecule has 0 aromatic heterocycles. The molecule has 7 nitrogen and oxygen atoms in total. The molecule has 1 amide bonds. The van der Waals surface area contributed by atoms with E-state index in [4.69, 9.17) is 53.8 Å². The number of nitrogens with zero attached hydrogens (tertiary/aromatic N) is 1. The topological polar surface area (TPSA) is 74.3 Å². The van der Waals surface area contributed by atoms with Crippen molar-refractivity contribution in [3.05, 3.63) is 0 Å². The lowest BCUT2D eigenvalue weighted by Crippen LogP contribution is -2.77. The fourth-order valence-corrected chi connectivity index (χ4v) is 6.71. The van der Waals surface area contributed by atoms with E-state index in [9.17, 15) is 9.59 Å².